The lowest BCUT2D eigenvalue weighted by Gasteiger charge is -2.01. The maximum atomic E-state index is 5.10. The molecular formula is C116H110. The number of aryl methyl sites for hydroxylation is 8. The number of hydrogen-bond donors (Lipinski definition) is 0. The van der Waals surface area contributed by atoms with Crippen LogP contribution in [0.15, 0.2) is 492 Å². The fourth-order valence-corrected chi connectivity index (χ4v) is 11.1. The maximum absolute atomic E-state index is 5.10. The molecule has 0 N–H and O–H groups in total. The van der Waals surface area contributed by atoms with Crippen molar-refractivity contribution in [1.29, 1.82) is 0 Å². The van der Waals surface area contributed by atoms with E-state index in [0.717, 1.165) is 68.1 Å². The summed E-state index contributed by atoms with van der Waals surface area (Å²) in [6, 6.07) is 166. The van der Waals surface area contributed by atoms with E-state index < -0.39 is 0 Å². The summed E-state index contributed by atoms with van der Waals surface area (Å²) in [4.78, 5) is 0. The topological polar surface area (TPSA) is 0 Å². The highest BCUT2D eigenvalue weighted by molar-refractivity contribution is 5.70. The van der Waals surface area contributed by atoms with Gasteiger partial charge in [0.15, 0.2) is 0 Å². The van der Waals surface area contributed by atoms with E-state index in [2.05, 4.69) is 342 Å². The molecule has 0 radical (unpaired) electrons. The Morgan fingerprint density at radius 3 is 0.474 bits per heavy atom. The summed E-state index contributed by atoms with van der Waals surface area (Å²) in [6.45, 7) is 7.96. The molecule has 0 atom stereocenters. The zero-order valence-corrected chi connectivity index (χ0v) is 67.5. The van der Waals surface area contributed by atoms with Gasteiger partial charge < -0.3 is 0 Å². The summed E-state index contributed by atoms with van der Waals surface area (Å²) in [5.74, 6) is 8.75. The third-order valence-electron chi connectivity index (χ3n) is 17.7. The summed E-state index contributed by atoms with van der Waals surface area (Å²) in [5.41, 5.74) is 20.4. The molecule has 0 saturated carbocycles. The first kappa shape index (κ1) is 89.1. The van der Waals surface area contributed by atoms with Crippen LogP contribution in [0.25, 0.3) is 30.4 Å². The molecule has 0 spiro atoms. The molecule has 0 saturated heterocycles. The Bertz CT molecular complexity index is 4590. The number of terminal acetylenes is 1. The van der Waals surface area contributed by atoms with Crippen LogP contribution in [0.3, 0.4) is 0 Å². The minimum Gasteiger partial charge on any atom is -0.115 e. The van der Waals surface area contributed by atoms with E-state index in [-0.39, 0.29) is 0 Å². The molecule has 0 heteroatoms. The van der Waals surface area contributed by atoms with Gasteiger partial charge in [0.25, 0.3) is 0 Å². The van der Waals surface area contributed by atoms with Gasteiger partial charge in [-0.05, 0) is 160 Å². The molecule has 16 rings (SSSR count). The Balaban J connectivity index is 0.000000180. The van der Waals surface area contributed by atoms with Crippen LogP contribution in [0.1, 0.15) is 103 Å². The van der Waals surface area contributed by atoms with Crippen LogP contribution < -0.4 is 0 Å². The molecule has 0 aliphatic rings. The predicted molar refractivity (Wildman–Crippen MR) is 506 cm³/mol. The lowest BCUT2D eigenvalue weighted by molar-refractivity contribution is 0.960. The van der Waals surface area contributed by atoms with Crippen molar-refractivity contribution in [2.24, 2.45) is 0 Å². The second-order valence-corrected chi connectivity index (χ2v) is 26.5. The van der Waals surface area contributed by atoms with Crippen molar-refractivity contribution < 1.29 is 0 Å². The van der Waals surface area contributed by atoms with Gasteiger partial charge in [-0.3, -0.25) is 0 Å². The summed E-state index contributed by atoms with van der Waals surface area (Å²) >= 11 is 0. The van der Waals surface area contributed by atoms with E-state index in [1.807, 2.05) is 212 Å². The maximum Gasteiger partial charge on any atom is 0.0249 e. The van der Waals surface area contributed by atoms with E-state index >= 15 is 0 Å². The smallest absolute Gasteiger partial charge is 0.0249 e. The normalized spacial score (nSPS) is 9.63. The van der Waals surface area contributed by atoms with Crippen molar-refractivity contribution in [2.45, 2.75) is 65.2 Å². The highest BCUT2D eigenvalue weighted by atomic mass is 14.0. The molecule has 0 bridgehead atoms. The van der Waals surface area contributed by atoms with Crippen molar-refractivity contribution >= 4 is 30.4 Å². The SMILES string of the molecule is C#Cc1ccccc1.C(#Cc1ccccc1)c1ccccc1.C(=C/c1ccccc1)/c1ccccc1.C(=C\c1ccccc1)/c1ccccc1.C=Cc1ccccc1.CCc1ccccc1.CCc1ccccc1.c1ccc(CCc2ccccc2)cc1.c1ccc(CCc2ccccc2)cc1.c1ccc(CCc2ccccc2)cc1. The summed E-state index contributed by atoms with van der Waals surface area (Å²) in [5, 5.41) is 0. The van der Waals surface area contributed by atoms with Crippen LogP contribution in [0.5, 0.6) is 0 Å². The van der Waals surface area contributed by atoms with Gasteiger partial charge in [-0.15, -0.1) is 6.42 Å². The number of benzene rings is 16. The molecule has 16 aromatic carbocycles. The van der Waals surface area contributed by atoms with E-state index in [0.29, 0.717) is 0 Å². The lowest BCUT2D eigenvalue weighted by Crippen LogP contribution is -1.89. The van der Waals surface area contributed by atoms with Gasteiger partial charge in [0, 0.05) is 16.7 Å². The van der Waals surface area contributed by atoms with Crippen molar-refractivity contribution in [3.8, 4) is 24.2 Å². The zero-order valence-electron chi connectivity index (χ0n) is 67.5. The van der Waals surface area contributed by atoms with E-state index in [4.69, 9.17) is 6.42 Å². The Kier molecular flexibility index (Phi) is 45.8. The molecule has 0 aromatic heterocycles. The van der Waals surface area contributed by atoms with Crippen LogP contribution in [0, 0.1) is 24.2 Å². The van der Waals surface area contributed by atoms with Crippen molar-refractivity contribution in [3.05, 3.63) is 581 Å². The summed E-state index contributed by atoms with van der Waals surface area (Å²) in [6.07, 6.45) is 24.5. The average Bonchev–Trinajstić information content (AvgIpc) is 0.940. The molecule has 0 amide bonds. The molecule has 0 aliphatic heterocycles. The van der Waals surface area contributed by atoms with E-state index in [9.17, 15) is 0 Å². The predicted octanol–water partition coefficient (Wildman–Crippen LogP) is 29.7. The Labute approximate surface area is 696 Å². The minimum absolute atomic E-state index is 0.938. The van der Waals surface area contributed by atoms with Crippen LogP contribution in [0.4, 0.5) is 0 Å². The third-order valence-corrected chi connectivity index (χ3v) is 17.7. The first-order valence-corrected chi connectivity index (χ1v) is 40.1. The zero-order chi connectivity index (χ0) is 81.1. The highest BCUT2D eigenvalue weighted by Gasteiger charge is 1.97. The molecule has 0 nitrogen and oxygen atoms in total. The molecule has 0 fully saturated rings. The second kappa shape index (κ2) is 59.6. The Morgan fingerprint density at radius 2 is 0.336 bits per heavy atom. The van der Waals surface area contributed by atoms with Gasteiger partial charge in [0.05, 0.1) is 0 Å². The van der Waals surface area contributed by atoms with Crippen LogP contribution in [-0.2, 0) is 51.4 Å². The lowest BCUT2D eigenvalue weighted by atomic mass is 10.0. The minimum atomic E-state index is 0.938. The van der Waals surface area contributed by atoms with Gasteiger partial charge in [0.2, 0.25) is 0 Å². The van der Waals surface area contributed by atoms with Gasteiger partial charge >= 0.3 is 0 Å². The number of hydrogen-bond acceptors (Lipinski definition) is 0. The molecule has 0 heterocycles. The second-order valence-electron chi connectivity index (χ2n) is 26.5. The molecule has 16 aromatic rings. The monoisotopic (exact) mass is 1500 g/mol. The fraction of sp³-hybridized carbons (Fsp3) is 0.0862. The summed E-state index contributed by atoms with van der Waals surface area (Å²) < 4.78 is 0. The largest absolute Gasteiger partial charge is 0.115 e. The third kappa shape index (κ3) is 42.3. The highest BCUT2D eigenvalue weighted by Crippen LogP contribution is 2.13. The molecule has 0 aliphatic carbocycles. The van der Waals surface area contributed by atoms with E-state index in [1.54, 1.807) is 0 Å². The van der Waals surface area contributed by atoms with Crippen LogP contribution in [0.2, 0.25) is 0 Å². The fourth-order valence-electron chi connectivity index (χ4n) is 11.1. The van der Waals surface area contributed by atoms with Gasteiger partial charge in [0.1, 0.15) is 0 Å². The molecular weight excluding hydrogens is 1390 g/mol. The number of rotatable bonds is 16. The molecule has 116 heavy (non-hydrogen) atoms. The van der Waals surface area contributed by atoms with Gasteiger partial charge in [-0.1, -0.05) is 517 Å². The van der Waals surface area contributed by atoms with Gasteiger partial charge in [-0.25, -0.2) is 0 Å². The Morgan fingerprint density at radius 1 is 0.190 bits per heavy atom. The van der Waals surface area contributed by atoms with Crippen molar-refractivity contribution in [2.75, 3.05) is 0 Å². The molecule has 0 unspecified atom stereocenters. The van der Waals surface area contributed by atoms with Crippen molar-refractivity contribution in [3.63, 3.8) is 0 Å². The first-order chi connectivity index (χ1) is 57.4. The van der Waals surface area contributed by atoms with E-state index in [1.165, 1.54) is 72.3 Å². The summed E-state index contributed by atoms with van der Waals surface area (Å²) in [7, 11) is 0. The standard InChI is InChI=1S/3C14H14.2C14H12.C14H10.2C8H10.C8H8.C8H6/c6*1-3-7-13(8-4-1)11-12-14-9-5-2-6-10-14;4*1-2-8-6-4-3-5-7-8/h3*1-10H,11-12H2;2*1-12H;1-10H;2*3-7H,2H2,1H3;2-7H,1H2;1,3-7H/b;;;12-11+;12-11-;;;;;. The average molecular weight is 1500 g/mol. The first-order valence-electron chi connectivity index (χ1n) is 40.1. The Hall–Kier alpha value is -14.1. The van der Waals surface area contributed by atoms with Crippen LogP contribution >= 0.6 is 0 Å². The quantitative estimate of drug-likeness (QED) is 0.0668. The van der Waals surface area contributed by atoms with Crippen molar-refractivity contribution in [1.82, 2.24) is 0 Å². The van der Waals surface area contributed by atoms with Gasteiger partial charge in [-0.2, -0.15) is 0 Å². The molecule has 574 valence electrons. The van der Waals surface area contributed by atoms with Crippen LogP contribution in [-0.4, -0.2) is 0 Å².